The lowest BCUT2D eigenvalue weighted by Crippen LogP contribution is -2.24. The molecule has 9 heteroatoms. The van der Waals surface area contributed by atoms with Gasteiger partial charge in [-0.05, 0) is 56.5 Å². The minimum atomic E-state index is -1.19. The SMILES string of the molecule is CN=Cc1cc(-n2nc3ccc(OCC4CC4(C)F)nc3c(-c3ccc(C4CC4)nc3)c2=O)ccc1N. The monoisotopic (exact) mass is 498 g/mol. The van der Waals surface area contributed by atoms with Gasteiger partial charge in [0.2, 0.25) is 5.88 Å². The first-order valence-corrected chi connectivity index (χ1v) is 12.4. The Labute approximate surface area is 213 Å². The maximum Gasteiger partial charge on any atom is 0.281 e. The normalized spacial score (nSPS) is 21.0. The largest absolute Gasteiger partial charge is 0.477 e. The number of nitrogens with two attached hydrogens (primary N) is 1. The minimum Gasteiger partial charge on any atom is -0.477 e. The highest BCUT2D eigenvalue weighted by molar-refractivity contribution is 5.91. The molecule has 0 aliphatic heterocycles. The Hall–Kier alpha value is -4.14. The van der Waals surface area contributed by atoms with Crippen LogP contribution in [0.25, 0.3) is 27.8 Å². The molecule has 2 aliphatic carbocycles. The maximum atomic E-state index is 14.0. The number of ether oxygens (including phenoxy) is 1. The number of alkyl halides is 1. The van der Waals surface area contributed by atoms with Crippen LogP contribution in [0.3, 0.4) is 0 Å². The van der Waals surface area contributed by atoms with E-state index in [1.165, 1.54) is 4.68 Å². The van der Waals surface area contributed by atoms with E-state index in [0.29, 0.717) is 57.3 Å². The molecule has 0 amide bonds. The number of aromatic nitrogens is 4. The second-order valence-electron chi connectivity index (χ2n) is 10.0. The number of fused-ring (bicyclic) bond motifs is 1. The summed E-state index contributed by atoms with van der Waals surface area (Å²) >= 11 is 0. The lowest BCUT2D eigenvalue weighted by atomic mass is 10.1. The van der Waals surface area contributed by atoms with Gasteiger partial charge in [0, 0.05) is 59.9 Å². The molecule has 3 heterocycles. The molecule has 2 aliphatic rings. The van der Waals surface area contributed by atoms with E-state index in [0.717, 1.165) is 18.5 Å². The van der Waals surface area contributed by atoms with Gasteiger partial charge in [0.1, 0.15) is 16.7 Å². The highest BCUT2D eigenvalue weighted by Gasteiger charge is 2.51. The van der Waals surface area contributed by atoms with Crippen LogP contribution in [0.15, 0.2) is 58.4 Å². The van der Waals surface area contributed by atoms with Crippen molar-refractivity contribution in [1.29, 1.82) is 0 Å². The molecule has 0 spiro atoms. The predicted octanol–water partition coefficient (Wildman–Crippen LogP) is 4.48. The highest BCUT2D eigenvalue weighted by Crippen LogP contribution is 2.46. The standard InChI is InChI=1S/C28H27FN6O2/c1-28(29)12-19(28)15-37-24-10-9-23-26(33-24)25(17-5-8-22(32-14-17)16-3-4-16)27(36)35(34-23)20-6-7-21(30)18(11-20)13-31-2/h5-11,13-14,16,19H,3-4,12,15,30H2,1-2H3. The van der Waals surface area contributed by atoms with E-state index in [1.54, 1.807) is 56.7 Å². The second-order valence-corrected chi connectivity index (χ2v) is 10.0. The first-order valence-electron chi connectivity index (χ1n) is 12.4. The molecule has 3 aromatic heterocycles. The summed E-state index contributed by atoms with van der Waals surface area (Å²) in [6.45, 7) is 1.81. The Bertz CT molecular complexity index is 1590. The number of nitrogens with zero attached hydrogens (tertiary/aromatic N) is 5. The third-order valence-electron chi connectivity index (χ3n) is 7.12. The fraction of sp³-hybridized carbons (Fsp3) is 0.321. The Morgan fingerprint density at radius 3 is 2.73 bits per heavy atom. The molecule has 6 rings (SSSR count). The van der Waals surface area contributed by atoms with Crippen molar-refractivity contribution in [2.75, 3.05) is 19.4 Å². The van der Waals surface area contributed by atoms with Gasteiger partial charge in [-0.3, -0.25) is 14.8 Å². The number of hydrogen-bond acceptors (Lipinski definition) is 7. The number of aliphatic imine (C=N–C) groups is 1. The Morgan fingerprint density at radius 1 is 1.24 bits per heavy atom. The van der Waals surface area contributed by atoms with Crippen LogP contribution in [0, 0.1) is 5.92 Å². The number of halogens is 1. The summed E-state index contributed by atoms with van der Waals surface area (Å²) in [5.74, 6) is 0.670. The van der Waals surface area contributed by atoms with E-state index in [9.17, 15) is 9.18 Å². The van der Waals surface area contributed by atoms with Gasteiger partial charge in [-0.25, -0.2) is 9.37 Å². The molecule has 2 saturated carbocycles. The van der Waals surface area contributed by atoms with Crippen LogP contribution in [0.5, 0.6) is 5.88 Å². The van der Waals surface area contributed by atoms with Crippen molar-refractivity contribution >= 4 is 22.9 Å². The summed E-state index contributed by atoms with van der Waals surface area (Å²) in [5.41, 5.74) is 9.29. The molecular weight excluding hydrogens is 471 g/mol. The first kappa shape index (κ1) is 23.3. The summed E-state index contributed by atoms with van der Waals surface area (Å²) in [5, 5.41) is 4.61. The molecule has 2 atom stereocenters. The molecule has 37 heavy (non-hydrogen) atoms. The number of hydrogen-bond donors (Lipinski definition) is 1. The van der Waals surface area contributed by atoms with Gasteiger partial charge in [-0.2, -0.15) is 9.78 Å². The van der Waals surface area contributed by atoms with Crippen LogP contribution in [0.2, 0.25) is 0 Å². The lowest BCUT2D eigenvalue weighted by Gasteiger charge is -2.13. The van der Waals surface area contributed by atoms with Crippen LogP contribution in [0.4, 0.5) is 10.1 Å². The summed E-state index contributed by atoms with van der Waals surface area (Å²) < 4.78 is 21.1. The lowest BCUT2D eigenvalue weighted by molar-refractivity contribution is 0.233. The van der Waals surface area contributed by atoms with Crippen LogP contribution < -0.4 is 16.0 Å². The summed E-state index contributed by atoms with van der Waals surface area (Å²) in [6, 6.07) is 12.6. The second kappa shape index (κ2) is 8.76. The highest BCUT2D eigenvalue weighted by atomic mass is 19.1. The fourth-order valence-corrected chi connectivity index (χ4v) is 4.53. The molecule has 0 bridgehead atoms. The number of nitrogen functional groups attached to an aromatic ring is 1. The smallest absolute Gasteiger partial charge is 0.281 e. The van der Waals surface area contributed by atoms with Gasteiger partial charge in [-0.1, -0.05) is 6.07 Å². The Kier molecular flexibility index (Phi) is 5.51. The first-order chi connectivity index (χ1) is 17.8. The zero-order valence-corrected chi connectivity index (χ0v) is 20.7. The topological polar surface area (TPSA) is 108 Å². The van der Waals surface area contributed by atoms with Crippen molar-refractivity contribution in [2.24, 2.45) is 10.9 Å². The van der Waals surface area contributed by atoms with Crippen LogP contribution in [0.1, 0.15) is 43.4 Å². The van der Waals surface area contributed by atoms with Crippen molar-refractivity contribution in [1.82, 2.24) is 19.7 Å². The van der Waals surface area contributed by atoms with E-state index < -0.39 is 5.67 Å². The van der Waals surface area contributed by atoms with Crippen molar-refractivity contribution in [3.05, 3.63) is 70.3 Å². The van der Waals surface area contributed by atoms with Gasteiger partial charge in [0.15, 0.2) is 0 Å². The van der Waals surface area contributed by atoms with E-state index >= 15 is 0 Å². The summed E-state index contributed by atoms with van der Waals surface area (Å²) in [7, 11) is 1.66. The van der Waals surface area contributed by atoms with Crippen molar-refractivity contribution in [3.63, 3.8) is 0 Å². The molecule has 0 saturated heterocycles. The van der Waals surface area contributed by atoms with Crippen LogP contribution in [-0.2, 0) is 0 Å². The summed E-state index contributed by atoms with van der Waals surface area (Å²) in [6.07, 6.45) is 6.11. The van der Waals surface area contributed by atoms with Crippen molar-refractivity contribution in [2.45, 2.75) is 37.8 Å². The van der Waals surface area contributed by atoms with Crippen LogP contribution >= 0.6 is 0 Å². The molecule has 1 aromatic carbocycles. The number of pyridine rings is 2. The minimum absolute atomic E-state index is 0.152. The predicted molar refractivity (Wildman–Crippen MR) is 141 cm³/mol. The Morgan fingerprint density at radius 2 is 2.05 bits per heavy atom. The van der Waals surface area contributed by atoms with E-state index in [4.69, 9.17) is 10.5 Å². The molecule has 188 valence electrons. The molecule has 2 N–H and O–H groups in total. The third-order valence-corrected chi connectivity index (χ3v) is 7.12. The molecule has 2 fully saturated rings. The number of benzene rings is 1. The van der Waals surface area contributed by atoms with E-state index in [2.05, 4.69) is 20.1 Å². The average Bonchev–Trinajstić information content (AvgIpc) is 3.81. The number of anilines is 1. The Balaban J connectivity index is 1.49. The van der Waals surface area contributed by atoms with Gasteiger partial charge in [0.05, 0.1) is 17.9 Å². The van der Waals surface area contributed by atoms with Gasteiger partial charge >= 0.3 is 0 Å². The molecule has 0 radical (unpaired) electrons. The van der Waals surface area contributed by atoms with Gasteiger partial charge in [-0.15, -0.1) is 0 Å². The zero-order chi connectivity index (χ0) is 25.7. The quantitative estimate of drug-likeness (QED) is 0.297. The summed E-state index contributed by atoms with van der Waals surface area (Å²) in [4.78, 5) is 27.2. The average molecular weight is 499 g/mol. The fourth-order valence-electron chi connectivity index (χ4n) is 4.53. The molecule has 4 aromatic rings. The molecular formula is C28H27FN6O2. The third kappa shape index (κ3) is 4.45. The van der Waals surface area contributed by atoms with Gasteiger partial charge < -0.3 is 10.5 Å². The number of rotatable bonds is 7. The van der Waals surface area contributed by atoms with E-state index in [1.807, 2.05) is 12.1 Å². The zero-order valence-electron chi connectivity index (χ0n) is 20.7. The van der Waals surface area contributed by atoms with E-state index in [-0.39, 0.29) is 18.1 Å². The van der Waals surface area contributed by atoms with Crippen LogP contribution in [-0.4, -0.2) is 45.3 Å². The van der Waals surface area contributed by atoms with Gasteiger partial charge in [0.25, 0.3) is 5.56 Å². The molecule has 8 nitrogen and oxygen atoms in total. The van der Waals surface area contributed by atoms with Crippen molar-refractivity contribution in [3.8, 4) is 22.7 Å². The maximum absolute atomic E-state index is 14.0. The molecule has 2 unspecified atom stereocenters. The van der Waals surface area contributed by atoms with Crippen molar-refractivity contribution < 1.29 is 9.13 Å².